The van der Waals surface area contributed by atoms with Crippen LogP contribution < -0.4 is 0 Å². The Bertz CT molecular complexity index is 274. The molecule has 0 aromatic carbocycles. The van der Waals surface area contributed by atoms with Crippen LogP contribution in [0.2, 0.25) is 0 Å². The molecule has 96 valence electrons. The smallest absolute Gasteiger partial charge is 0.234 e. The number of alkyl halides is 8. The van der Waals surface area contributed by atoms with Gasteiger partial charge in [-0.3, -0.25) is 0 Å². The SMILES string of the molecule is FC(=C(F)C(F)(F)C(F)C(F)F)C(F)(F)F. The van der Waals surface area contributed by atoms with E-state index in [0.717, 1.165) is 0 Å². The molecule has 10 heteroatoms. The molecule has 0 saturated carbocycles. The standard InChI is InChI=1S/C6H2F10/c7-1(2(8)6(14,15)16)5(12,13)3(9)4(10)11/h3-4H. The highest BCUT2D eigenvalue weighted by Gasteiger charge is 2.55. The lowest BCUT2D eigenvalue weighted by molar-refractivity contribution is -0.136. The molecular formula is C6H2F10. The molecule has 0 nitrogen and oxygen atoms in total. The van der Waals surface area contributed by atoms with Crippen molar-refractivity contribution >= 4 is 0 Å². The van der Waals surface area contributed by atoms with Crippen molar-refractivity contribution in [1.29, 1.82) is 0 Å². The van der Waals surface area contributed by atoms with Crippen LogP contribution in [0.25, 0.3) is 0 Å². The number of hydrogen-bond donors (Lipinski definition) is 0. The monoisotopic (exact) mass is 264 g/mol. The Balaban J connectivity index is 5.33. The Morgan fingerprint density at radius 1 is 0.750 bits per heavy atom. The van der Waals surface area contributed by atoms with Crippen LogP contribution in [0, 0.1) is 0 Å². The summed E-state index contributed by atoms with van der Waals surface area (Å²) in [5, 5.41) is 0. The molecule has 0 aliphatic rings. The molecule has 0 saturated heterocycles. The molecule has 1 unspecified atom stereocenters. The maximum absolute atomic E-state index is 12.2. The molecule has 0 radical (unpaired) electrons. The van der Waals surface area contributed by atoms with Gasteiger partial charge in [0.15, 0.2) is 0 Å². The number of hydrogen-bond acceptors (Lipinski definition) is 0. The minimum Gasteiger partial charge on any atom is -0.234 e. The highest BCUT2D eigenvalue weighted by molar-refractivity contribution is 5.16. The summed E-state index contributed by atoms with van der Waals surface area (Å²) in [6.07, 6.45) is -15.2. The maximum Gasteiger partial charge on any atom is 0.445 e. The van der Waals surface area contributed by atoms with E-state index in [2.05, 4.69) is 0 Å². The summed E-state index contributed by atoms with van der Waals surface area (Å²) in [6.45, 7) is 0. The van der Waals surface area contributed by atoms with Gasteiger partial charge in [0.1, 0.15) is 0 Å². The van der Waals surface area contributed by atoms with Crippen molar-refractivity contribution in [3.8, 4) is 0 Å². The fourth-order valence-electron chi connectivity index (χ4n) is 0.550. The van der Waals surface area contributed by atoms with Crippen LogP contribution in [0.4, 0.5) is 43.9 Å². The van der Waals surface area contributed by atoms with E-state index in [1.165, 1.54) is 0 Å². The van der Waals surface area contributed by atoms with Crippen molar-refractivity contribution in [1.82, 2.24) is 0 Å². The van der Waals surface area contributed by atoms with Gasteiger partial charge in [0.05, 0.1) is 0 Å². The Kier molecular flexibility index (Phi) is 4.23. The van der Waals surface area contributed by atoms with Gasteiger partial charge in [-0.25, -0.2) is 17.6 Å². The van der Waals surface area contributed by atoms with Crippen molar-refractivity contribution in [2.45, 2.75) is 24.7 Å². The summed E-state index contributed by atoms with van der Waals surface area (Å²) in [5.41, 5.74) is 0. The summed E-state index contributed by atoms with van der Waals surface area (Å²) in [4.78, 5) is 0. The molecule has 0 aromatic heterocycles. The average Bonchev–Trinajstić information content (AvgIpc) is 2.12. The third kappa shape index (κ3) is 3.01. The molecule has 0 aromatic rings. The van der Waals surface area contributed by atoms with Gasteiger partial charge in [0.2, 0.25) is 17.8 Å². The zero-order valence-corrected chi connectivity index (χ0v) is 6.93. The van der Waals surface area contributed by atoms with E-state index in [0.29, 0.717) is 0 Å². The second-order valence-corrected chi connectivity index (χ2v) is 2.48. The van der Waals surface area contributed by atoms with Crippen molar-refractivity contribution in [2.75, 3.05) is 0 Å². The lowest BCUT2D eigenvalue weighted by Gasteiger charge is -2.19. The number of allylic oxidation sites excluding steroid dienone is 2. The Labute approximate surface area is 81.5 Å². The Hall–Kier alpha value is -0.960. The molecule has 0 spiro atoms. The predicted octanol–water partition coefficient (Wildman–Crippen LogP) is 3.94. The Morgan fingerprint density at radius 3 is 1.38 bits per heavy atom. The normalized spacial score (nSPS) is 17.4. The fraction of sp³-hybridized carbons (Fsp3) is 0.667. The first-order valence-corrected chi connectivity index (χ1v) is 3.35. The fourth-order valence-corrected chi connectivity index (χ4v) is 0.550. The minimum absolute atomic E-state index is 3.91. The molecule has 0 heterocycles. The second-order valence-electron chi connectivity index (χ2n) is 2.48. The maximum atomic E-state index is 12.2. The first-order valence-electron chi connectivity index (χ1n) is 3.35. The average molecular weight is 264 g/mol. The molecular weight excluding hydrogens is 262 g/mol. The highest BCUT2D eigenvalue weighted by atomic mass is 19.4. The lowest BCUT2D eigenvalue weighted by Crippen LogP contribution is -2.37. The van der Waals surface area contributed by atoms with Gasteiger partial charge in [-0.15, -0.1) is 0 Å². The molecule has 0 bridgehead atoms. The molecule has 0 aliphatic heterocycles. The van der Waals surface area contributed by atoms with Crippen LogP contribution in [0.1, 0.15) is 0 Å². The van der Waals surface area contributed by atoms with E-state index in [-0.39, 0.29) is 0 Å². The zero-order valence-electron chi connectivity index (χ0n) is 6.93. The van der Waals surface area contributed by atoms with E-state index < -0.39 is 36.3 Å². The van der Waals surface area contributed by atoms with Crippen molar-refractivity contribution < 1.29 is 43.9 Å². The molecule has 16 heavy (non-hydrogen) atoms. The van der Waals surface area contributed by atoms with Crippen LogP contribution in [0.15, 0.2) is 11.7 Å². The van der Waals surface area contributed by atoms with Crippen LogP contribution in [-0.4, -0.2) is 24.7 Å². The molecule has 0 rings (SSSR count). The quantitative estimate of drug-likeness (QED) is 0.677. The van der Waals surface area contributed by atoms with E-state index in [9.17, 15) is 43.9 Å². The van der Waals surface area contributed by atoms with Crippen LogP contribution in [0.5, 0.6) is 0 Å². The summed E-state index contributed by atoms with van der Waals surface area (Å²) in [7, 11) is 0. The van der Waals surface area contributed by atoms with Crippen LogP contribution in [-0.2, 0) is 0 Å². The first kappa shape index (κ1) is 15.0. The summed E-state index contributed by atoms with van der Waals surface area (Å²) in [6, 6.07) is 0. The number of halogens is 10. The van der Waals surface area contributed by atoms with Gasteiger partial charge in [0, 0.05) is 0 Å². The molecule has 0 N–H and O–H groups in total. The van der Waals surface area contributed by atoms with Gasteiger partial charge >= 0.3 is 12.1 Å². The van der Waals surface area contributed by atoms with Gasteiger partial charge in [-0.05, 0) is 0 Å². The van der Waals surface area contributed by atoms with Gasteiger partial charge in [-0.1, -0.05) is 0 Å². The second kappa shape index (κ2) is 4.50. The van der Waals surface area contributed by atoms with Crippen molar-refractivity contribution in [3.05, 3.63) is 11.7 Å². The van der Waals surface area contributed by atoms with Crippen molar-refractivity contribution in [2.24, 2.45) is 0 Å². The summed E-state index contributed by atoms with van der Waals surface area (Å²) >= 11 is 0. The first-order chi connectivity index (χ1) is 6.92. The van der Waals surface area contributed by atoms with Crippen molar-refractivity contribution in [3.63, 3.8) is 0 Å². The third-order valence-corrected chi connectivity index (χ3v) is 1.30. The van der Waals surface area contributed by atoms with E-state index in [1.54, 1.807) is 0 Å². The van der Waals surface area contributed by atoms with E-state index in [1.807, 2.05) is 0 Å². The van der Waals surface area contributed by atoms with Gasteiger partial charge in [-0.2, -0.15) is 26.3 Å². The van der Waals surface area contributed by atoms with Gasteiger partial charge < -0.3 is 0 Å². The largest absolute Gasteiger partial charge is 0.445 e. The lowest BCUT2D eigenvalue weighted by atomic mass is 10.1. The molecule has 0 amide bonds. The summed E-state index contributed by atoms with van der Waals surface area (Å²) < 4.78 is 117. The Morgan fingerprint density at radius 2 is 1.12 bits per heavy atom. The number of rotatable bonds is 3. The van der Waals surface area contributed by atoms with Gasteiger partial charge in [0.25, 0.3) is 6.43 Å². The van der Waals surface area contributed by atoms with E-state index in [4.69, 9.17) is 0 Å². The minimum atomic E-state index is -6.14. The zero-order chi connectivity index (χ0) is 13.3. The topological polar surface area (TPSA) is 0 Å². The van der Waals surface area contributed by atoms with Crippen LogP contribution in [0.3, 0.4) is 0 Å². The highest BCUT2D eigenvalue weighted by Crippen LogP contribution is 2.40. The molecule has 0 fully saturated rings. The van der Waals surface area contributed by atoms with Crippen LogP contribution >= 0.6 is 0 Å². The molecule has 0 aliphatic carbocycles. The molecule has 1 atom stereocenters. The summed E-state index contributed by atoms with van der Waals surface area (Å²) in [5.74, 6) is -13.7. The van der Waals surface area contributed by atoms with E-state index >= 15 is 0 Å². The third-order valence-electron chi connectivity index (χ3n) is 1.30. The predicted molar refractivity (Wildman–Crippen MR) is 31.1 cm³/mol.